The van der Waals surface area contributed by atoms with Crippen LogP contribution < -0.4 is 0 Å². The van der Waals surface area contributed by atoms with E-state index < -0.39 is 11.9 Å². The predicted molar refractivity (Wildman–Crippen MR) is 188 cm³/mol. The second-order valence-electron chi connectivity index (χ2n) is 12.9. The molecule has 0 aliphatic rings. The molecule has 0 aliphatic carbocycles. The van der Waals surface area contributed by atoms with E-state index in [-0.39, 0.29) is 11.8 Å². The van der Waals surface area contributed by atoms with Gasteiger partial charge in [-0.05, 0) is 70.1 Å². The molecule has 0 aliphatic heterocycles. The number of carboxylic acids is 2. The summed E-state index contributed by atoms with van der Waals surface area (Å²) in [5.74, 6) is -1.20. The van der Waals surface area contributed by atoms with E-state index in [9.17, 15) is 9.59 Å². The Labute approximate surface area is 268 Å². The maximum absolute atomic E-state index is 11.1. The smallest absolute Gasteiger partial charge is 0.306 e. The molecule has 1 atom stereocenters. The Kier molecular flexibility index (Phi) is 37.1. The van der Waals surface area contributed by atoms with Crippen LogP contribution in [0.1, 0.15) is 201 Å². The second kappa shape index (κ2) is 36.6. The number of hydrogen-bond donors (Lipinski definition) is 2. The van der Waals surface area contributed by atoms with Crippen molar-refractivity contribution >= 4 is 11.9 Å². The normalized spacial score (nSPS) is 12.2. The molecule has 0 saturated heterocycles. The minimum Gasteiger partial charge on any atom is -0.481 e. The van der Waals surface area contributed by atoms with Gasteiger partial charge in [-0.15, -0.1) is 0 Å². The van der Waals surface area contributed by atoms with Gasteiger partial charge < -0.3 is 10.2 Å². The van der Waals surface area contributed by atoms with Crippen molar-refractivity contribution in [3.63, 3.8) is 0 Å². The molecule has 0 aromatic heterocycles. The minimum absolute atomic E-state index is 0.160. The number of hydrogen-bond acceptors (Lipinski definition) is 2. The highest BCUT2D eigenvalue weighted by atomic mass is 16.4. The summed E-state index contributed by atoms with van der Waals surface area (Å²) in [7, 11) is 0. The summed E-state index contributed by atoms with van der Waals surface area (Å²) in [6, 6.07) is 0. The first-order valence-electron chi connectivity index (χ1n) is 18.6. The van der Waals surface area contributed by atoms with Crippen molar-refractivity contribution in [2.45, 2.75) is 201 Å². The van der Waals surface area contributed by atoms with Crippen LogP contribution in [-0.2, 0) is 9.59 Å². The molecular weight excluding hydrogens is 532 g/mol. The van der Waals surface area contributed by atoms with Gasteiger partial charge in [0, 0.05) is 6.42 Å². The van der Waals surface area contributed by atoms with Crippen LogP contribution in [0.15, 0.2) is 24.3 Å². The van der Waals surface area contributed by atoms with Crippen molar-refractivity contribution in [1.82, 2.24) is 0 Å². The molecule has 254 valence electrons. The highest BCUT2D eigenvalue weighted by molar-refractivity contribution is 5.70. The zero-order chi connectivity index (χ0) is 32.2. The van der Waals surface area contributed by atoms with Crippen LogP contribution in [0.25, 0.3) is 0 Å². The van der Waals surface area contributed by atoms with Crippen molar-refractivity contribution < 1.29 is 19.8 Å². The molecule has 0 aromatic rings. The average molecular weight is 607 g/mol. The zero-order valence-corrected chi connectivity index (χ0v) is 29.3. The van der Waals surface area contributed by atoms with Gasteiger partial charge in [0.15, 0.2) is 0 Å². The Morgan fingerprint density at radius 2 is 0.814 bits per heavy atom. The van der Waals surface area contributed by atoms with E-state index in [0.717, 1.165) is 25.7 Å². The summed E-state index contributed by atoms with van der Waals surface area (Å²) in [5.41, 5.74) is 0. The summed E-state index contributed by atoms with van der Waals surface area (Å²) in [6.45, 7) is 8.53. The zero-order valence-electron chi connectivity index (χ0n) is 29.3. The van der Waals surface area contributed by atoms with Crippen molar-refractivity contribution in [2.24, 2.45) is 11.8 Å². The van der Waals surface area contributed by atoms with E-state index in [4.69, 9.17) is 10.2 Å². The summed E-state index contributed by atoms with van der Waals surface area (Å²) in [6.07, 6.45) is 42.1. The fourth-order valence-electron chi connectivity index (χ4n) is 5.35. The van der Waals surface area contributed by atoms with Gasteiger partial charge in [-0.3, -0.25) is 9.59 Å². The van der Waals surface area contributed by atoms with Crippen molar-refractivity contribution in [2.75, 3.05) is 0 Å². The first-order chi connectivity index (χ1) is 20.9. The Hall–Kier alpha value is -1.58. The first kappa shape index (κ1) is 43.5. The fraction of sp³-hybridized carbons (Fsp3) is 0.846. The third-order valence-electron chi connectivity index (χ3n) is 8.30. The SMILES string of the molecule is CCCCCCCC/C=C\CCCCCCC(C(=O)O)C(C)C.CCCCCCCC/C=C\CCCCCCCC(=O)O. The van der Waals surface area contributed by atoms with Crippen LogP contribution >= 0.6 is 0 Å². The number of rotatable bonds is 31. The molecule has 0 amide bonds. The molecule has 0 spiro atoms. The third kappa shape index (κ3) is 38.4. The molecule has 0 radical (unpaired) electrons. The van der Waals surface area contributed by atoms with E-state index in [1.807, 2.05) is 13.8 Å². The van der Waals surface area contributed by atoms with Gasteiger partial charge in [-0.2, -0.15) is 0 Å². The molecule has 4 heteroatoms. The molecule has 0 rings (SSSR count). The van der Waals surface area contributed by atoms with E-state index in [2.05, 4.69) is 38.2 Å². The summed E-state index contributed by atoms with van der Waals surface area (Å²) in [5, 5.41) is 17.6. The van der Waals surface area contributed by atoms with Gasteiger partial charge in [0.25, 0.3) is 0 Å². The standard InChI is InChI=1S/C21H40O2.C18H34O2/c1-4-5-6-7-8-9-10-11-12-13-14-15-16-17-18-20(19(2)3)21(22)23;1-2-3-4-5-6-7-8-9-10-11-12-13-14-15-16-17-18(19)20/h11-12,19-20H,4-10,13-18H2,1-3H3,(H,22,23);9-10H,2-8,11-17H2,1H3,(H,19,20)/b12-11-;10-9-. The Balaban J connectivity index is 0. The highest BCUT2D eigenvalue weighted by Gasteiger charge is 2.20. The Morgan fingerprint density at radius 3 is 1.14 bits per heavy atom. The summed E-state index contributed by atoms with van der Waals surface area (Å²) < 4.78 is 0. The molecule has 0 saturated carbocycles. The quantitative estimate of drug-likeness (QED) is 0.0608. The van der Waals surface area contributed by atoms with Crippen molar-refractivity contribution in [1.29, 1.82) is 0 Å². The number of carbonyl (C=O) groups is 2. The predicted octanol–water partition coefficient (Wildman–Crippen LogP) is 13.1. The molecule has 0 heterocycles. The van der Waals surface area contributed by atoms with Gasteiger partial charge in [-0.25, -0.2) is 0 Å². The molecule has 0 bridgehead atoms. The highest BCUT2D eigenvalue weighted by Crippen LogP contribution is 2.19. The molecule has 4 nitrogen and oxygen atoms in total. The van der Waals surface area contributed by atoms with Crippen LogP contribution in [0.3, 0.4) is 0 Å². The van der Waals surface area contributed by atoms with Crippen LogP contribution in [0.2, 0.25) is 0 Å². The third-order valence-corrected chi connectivity index (χ3v) is 8.30. The molecule has 2 N–H and O–H groups in total. The topological polar surface area (TPSA) is 74.6 Å². The van der Waals surface area contributed by atoms with E-state index in [1.54, 1.807) is 0 Å². The molecule has 0 fully saturated rings. The lowest BCUT2D eigenvalue weighted by Crippen LogP contribution is -2.19. The van der Waals surface area contributed by atoms with E-state index in [1.165, 1.54) is 141 Å². The Morgan fingerprint density at radius 1 is 0.488 bits per heavy atom. The molecular formula is C39H74O4. The Bertz CT molecular complexity index is 637. The summed E-state index contributed by atoms with van der Waals surface area (Å²) in [4.78, 5) is 21.4. The van der Waals surface area contributed by atoms with Crippen molar-refractivity contribution in [3.05, 3.63) is 24.3 Å². The van der Waals surface area contributed by atoms with Gasteiger partial charge in [0.05, 0.1) is 5.92 Å². The summed E-state index contributed by atoms with van der Waals surface area (Å²) >= 11 is 0. The van der Waals surface area contributed by atoms with E-state index in [0.29, 0.717) is 6.42 Å². The number of aliphatic carboxylic acids is 2. The van der Waals surface area contributed by atoms with Crippen LogP contribution in [0, 0.1) is 11.8 Å². The van der Waals surface area contributed by atoms with Crippen LogP contribution in [-0.4, -0.2) is 22.2 Å². The van der Waals surface area contributed by atoms with Gasteiger partial charge in [0.1, 0.15) is 0 Å². The van der Waals surface area contributed by atoms with Gasteiger partial charge in [0.2, 0.25) is 0 Å². The number of carboxylic acid groups (broad SMARTS) is 2. The van der Waals surface area contributed by atoms with E-state index >= 15 is 0 Å². The van der Waals surface area contributed by atoms with Gasteiger partial charge in [-0.1, -0.05) is 155 Å². The lowest BCUT2D eigenvalue weighted by atomic mass is 9.90. The molecule has 1 unspecified atom stereocenters. The lowest BCUT2D eigenvalue weighted by molar-refractivity contribution is -0.143. The van der Waals surface area contributed by atoms with Crippen molar-refractivity contribution in [3.8, 4) is 0 Å². The number of unbranched alkanes of at least 4 members (excludes halogenated alkanes) is 21. The molecule has 43 heavy (non-hydrogen) atoms. The minimum atomic E-state index is -0.664. The largest absolute Gasteiger partial charge is 0.481 e. The number of allylic oxidation sites excluding steroid dienone is 4. The molecule has 0 aromatic carbocycles. The van der Waals surface area contributed by atoms with Crippen LogP contribution in [0.5, 0.6) is 0 Å². The fourth-order valence-corrected chi connectivity index (χ4v) is 5.35. The monoisotopic (exact) mass is 607 g/mol. The maximum atomic E-state index is 11.1. The maximum Gasteiger partial charge on any atom is 0.306 e. The second-order valence-corrected chi connectivity index (χ2v) is 12.9. The first-order valence-corrected chi connectivity index (χ1v) is 18.6. The van der Waals surface area contributed by atoms with Crippen LogP contribution in [0.4, 0.5) is 0 Å². The lowest BCUT2D eigenvalue weighted by Gasteiger charge is -2.15. The van der Waals surface area contributed by atoms with Gasteiger partial charge >= 0.3 is 11.9 Å². The average Bonchev–Trinajstić information content (AvgIpc) is 2.97.